The van der Waals surface area contributed by atoms with Gasteiger partial charge in [0.15, 0.2) is 5.96 Å². The summed E-state index contributed by atoms with van der Waals surface area (Å²) in [4.78, 5) is 8.95. The minimum atomic E-state index is -0.00840. The van der Waals surface area contributed by atoms with E-state index >= 15 is 0 Å². The molecule has 0 aromatic carbocycles. The van der Waals surface area contributed by atoms with Crippen LogP contribution in [0.2, 0.25) is 0 Å². The Kier molecular flexibility index (Phi) is 6.63. The zero-order valence-corrected chi connectivity index (χ0v) is 13.4. The Bertz CT molecular complexity index is 271. The molecular weight excluding hydrogens is 238 g/mol. The van der Waals surface area contributed by atoms with E-state index in [1.807, 2.05) is 28.2 Å². The molecule has 0 bridgehead atoms. The van der Waals surface area contributed by atoms with Gasteiger partial charge in [0.25, 0.3) is 0 Å². The molecule has 19 heavy (non-hydrogen) atoms. The van der Waals surface area contributed by atoms with Gasteiger partial charge in [0.1, 0.15) is 0 Å². The van der Waals surface area contributed by atoms with Gasteiger partial charge in [-0.05, 0) is 19.3 Å². The minimum absolute atomic E-state index is 0.00840. The van der Waals surface area contributed by atoms with Crippen molar-refractivity contribution in [3.05, 3.63) is 0 Å². The lowest BCUT2D eigenvalue weighted by molar-refractivity contribution is -0.0626. The van der Waals surface area contributed by atoms with Crippen LogP contribution in [0.1, 0.15) is 45.4 Å². The van der Waals surface area contributed by atoms with Crippen LogP contribution in [0.25, 0.3) is 0 Å². The fourth-order valence-corrected chi connectivity index (χ4v) is 2.76. The summed E-state index contributed by atoms with van der Waals surface area (Å²) in [6.45, 7) is 3.82. The van der Waals surface area contributed by atoms with Crippen LogP contribution < -0.4 is 0 Å². The molecule has 0 spiro atoms. The monoisotopic (exact) mass is 269 g/mol. The van der Waals surface area contributed by atoms with Gasteiger partial charge in [-0.3, -0.25) is 0 Å². The van der Waals surface area contributed by atoms with Gasteiger partial charge < -0.3 is 14.5 Å². The predicted molar refractivity (Wildman–Crippen MR) is 81.7 cm³/mol. The highest BCUT2D eigenvalue weighted by Gasteiger charge is 2.32. The van der Waals surface area contributed by atoms with Crippen molar-refractivity contribution in [3.8, 4) is 0 Å². The van der Waals surface area contributed by atoms with Crippen LogP contribution in [0.3, 0.4) is 0 Å². The quantitative estimate of drug-likeness (QED) is 0.567. The molecule has 0 N–H and O–H groups in total. The van der Waals surface area contributed by atoms with Gasteiger partial charge in [0, 0.05) is 34.8 Å². The molecule has 1 aliphatic rings. The molecule has 0 aliphatic heterocycles. The van der Waals surface area contributed by atoms with Crippen molar-refractivity contribution in [2.75, 3.05) is 41.3 Å². The van der Waals surface area contributed by atoms with E-state index in [1.165, 1.54) is 19.3 Å². The van der Waals surface area contributed by atoms with Crippen molar-refractivity contribution in [2.24, 2.45) is 4.99 Å². The second-order valence-corrected chi connectivity index (χ2v) is 6.00. The lowest BCUT2D eigenvalue weighted by Crippen LogP contribution is -2.41. The van der Waals surface area contributed by atoms with E-state index in [2.05, 4.69) is 16.7 Å². The van der Waals surface area contributed by atoms with Gasteiger partial charge in [0.05, 0.1) is 12.1 Å². The first kappa shape index (κ1) is 16.3. The average molecular weight is 269 g/mol. The van der Waals surface area contributed by atoms with Crippen LogP contribution in [0.15, 0.2) is 4.99 Å². The van der Waals surface area contributed by atoms with Crippen LogP contribution >= 0.6 is 0 Å². The zero-order valence-electron chi connectivity index (χ0n) is 13.4. The summed E-state index contributed by atoms with van der Waals surface area (Å²) in [5.41, 5.74) is -0.00840. The molecule has 0 atom stereocenters. The van der Waals surface area contributed by atoms with Crippen LogP contribution in [-0.2, 0) is 4.74 Å². The molecule has 112 valence electrons. The minimum Gasteiger partial charge on any atom is -0.373 e. The maximum Gasteiger partial charge on any atom is 0.195 e. The summed E-state index contributed by atoms with van der Waals surface area (Å²) < 4.78 is 6.19. The maximum atomic E-state index is 6.19. The standard InChI is InChI=1S/C15H31N3O/c1-6-12-19-15(10-8-7-9-11-15)13-16-14(17(2)3)18(4)5/h6-13H2,1-5H3. The zero-order chi connectivity index (χ0) is 14.3. The summed E-state index contributed by atoms with van der Waals surface area (Å²) in [7, 11) is 8.16. The Balaban J connectivity index is 2.73. The number of hydrogen-bond donors (Lipinski definition) is 0. The summed E-state index contributed by atoms with van der Waals surface area (Å²) in [6, 6.07) is 0. The fraction of sp³-hybridized carbons (Fsp3) is 0.933. The van der Waals surface area contributed by atoms with Gasteiger partial charge in [0.2, 0.25) is 0 Å². The first-order chi connectivity index (χ1) is 9.01. The highest BCUT2D eigenvalue weighted by Crippen LogP contribution is 2.32. The van der Waals surface area contributed by atoms with Crippen LogP contribution in [0, 0.1) is 0 Å². The third kappa shape index (κ3) is 5.01. The van der Waals surface area contributed by atoms with E-state index in [4.69, 9.17) is 9.73 Å². The highest BCUT2D eigenvalue weighted by molar-refractivity contribution is 5.79. The van der Waals surface area contributed by atoms with Gasteiger partial charge in [-0.1, -0.05) is 26.2 Å². The Morgan fingerprint density at radius 2 is 1.63 bits per heavy atom. The molecule has 0 heterocycles. The number of aliphatic imine (C=N–C) groups is 1. The first-order valence-corrected chi connectivity index (χ1v) is 7.54. The largest absolute Gasteiger partial charge is 0.373 e. The van der Waals surface area contributed by atoms with E-state index in [-0.39, 0.29) is 5.60 Å². The van der Waals surface area contributed by atoms with Crippen LogP contribution in [0.4, 0.5) is 0 Å². The van der Waals surface area contributed by atoms with Gasteiger partial charge in [-0.2, -0.15) is 0 Å². The Morgan fingerprint density at radius 1 is 1.05 bits per heavy atom. The van der Waals surface area contributed by atoms with Crippen molar-refractivity contribution >= 4 is 5.96 Å². The Hall–Kier alpha value is -0.770. The predicted octanol–water partition coefficient (Wildman–Crippen LogP) is 2.60. The van der Waals surface area contributed by atoms with E-state index in [0.29, 0.717) is 0 Å². The van der Waals surface area contributed by atoms with Crippen molar-refractivity contribution < 1.29 is 4.74 Å². The molecule has 0 saturated heterocycles. The summed E-state index contributed by atoms with van der Waals surface area (Å²) in [5, 5.41) is 0. The molecule has 0 unspecified atom stereocenters. The molecule has 0 amide bonds. The molecular formula is C15H31N3O. The number of guanidine groups is 1. The summed E-state index contributed by atoms with van der Waals surface area (Å²) >= 11 is 0. The molecule has 1 fully saturated rings. The number of hydrogen-bond acceptors (Lipinski definition) is 2. The lowest BCUT2D eigenvalue weighted by Gasteiger charge is -2.36. The lowest BCUT2D eigenvalue weighted by atomic mass is 9.84. The number of nitrogens with zero attached hydrogens (tertiary/aromatic N) is 3. The Labute approximate surface area is 118 Å². The van der Waals surface area contributed by atoms with Gasteiger partial charge in [-0.15, -0.1) is 0 Å². The molecule has 1 rings (SSSR count). The fourth-order valence-electron chi connectivity index (χ4n) is 2.76. The molecule has 1 saturated carbocycles. The van der Waals surface area contributed by atoms with Gasteiger partial charge >= 0.3 is 0 Å². The molecule has 1 aliphatic carbocycles. The molecule has 0 aromatic heterocycles. The average Bonchev–Trinajstić information content (AvgIpc) is 2.37. The van der Waals surface area contributed by atoms with Gasteiger partial charge in [-0.25, -0.2) is 4.99 Å². The smallest absolute Gasteiger partial charge is 0.195 e. The molecule has 0 radical (unpaired) electrons. The van der Waals surface area contributed by atoms with Crippen molar-refractivity contribution in [1.82, 2.24) is 9.80 Å². The van der Waals surface area contributed by atoms with Crippen molar-refractivity contribution in [1.29, 1.82) is 0 Å². The first-order valence-electron chi connectivity index (χ1n) is 7.54. The highest BCUT2D eigenvalue weighted by atomic mass is 16.5. The van der Waals surface area contributed by atoms with E-state index in [9.17, 15) is 0 Å². The van der Waals surface area contributed by atoms with Crippen LogP contribution in [-0.4, -0.2) is 62.7 Å². The Morgan fingerprint density at radius 3 is 2.11 bits per heavy atom. The van der Waals surface area contributed by atoms with Crippen LogP contribution in [0.5, 0.6) is 0 Å². The summed E-state index contributed by atoms with van der Waals surface area (Å²) in [6.07, 6.45) is 7.29. The SMILES string of the molecule is CCCOC1(CN=C(N(C)C)N(C)C)CCCCC1. The molecule has 4 heteroatoms. The summed E-state index contributed by atoms with van der Waals surface area (Å²) in [5.74, 6) is 1.02. The molecule has 4 nitrogen and oxygen atoms in total. The third-order valence-electron chi connectivity index (χ3n) is 3.69. The number of ether oxygens (including phenoxy) is 1. The second-order valence-electron chi connectivity index (χ2n) is 6.00. The topological polar surface area (TPSA) is 28.1 Å². The van der Waals surface area contributed by atoms with E-state index < -0.39 is 0 Å². The maximum absolute atomic E-state index is 6.19. The van der Waals surface area contributed by atoms with E-state index in [1.54, 1.807) is 0 Å². The van der Waals surface area contributed by atoms with E-state index in [0.717, 1.165) is 38.4 Å². The molecule has 0 aromatic rings. The van der Waals surface area contributed by atoms with Crippen molar-refractivity contribution in [2.45, 2.75) is 51.0 Å². The second kappa shape index (κ2) is 7.73. The third-order valence-corrected chi connectivity index (χ3v) is 3.69. The normalized spacial score (nSPS) is 17.9. The van der Waals surface area contributed by atoms with Crippen molar-refractivity contribution in [3.63, 3.8) is 0 Å². The number of rotatable bonds is 5.